The van der Waals surface area contributed by atoms with E-state index < -0.39 is 0 Å². The molecule has 4 heteroatoms. The van der Waals surface area contributed by atoms with E-state index in [1.165, 1.54) is 0 Å². The zero-order valence-corrected chi connectivity index (χ0v) is 10.2. The molecule has 4 N–H and O–H groups in total. The van der Waals surface area contributed by atoms with Crippen molar-refractivity contribution in [2.45, 2.75) is 39.2 Å². The van der Waals surface area contributed by atoms with Gasteiger partial charge in [0.05, 0.1) is 0 Å². The lowest BCUT2D eigenvalue weighted by molar-refractivity contribution is 0.252. The molecule has 4 nitrogen and oxygen atoms in total. The smallest absolute Gasteiger partial charge is 0.128 e. The Bertz CT molecular complexity index is 354. The number of nitrogens with one attached hydrogen (secondary N) is 1. The minimum absolute atomic E-state index is 0.135. The number of nitrogens with zero attached hydrogens (tertiary/aromatic N) is 1. The van der Waals surface area contributed by atoms with Crippen molar-refractivity contribution in [3.8, 4) is 0 Å². The molecule has 0 amide bonds. The van der Waals surface area contributed by atoms with E-state index >= 15 is 0 Å². The number of hydrogen-bond donors (Lipinski definition) is 3. The van der Waals surface area contributed by atoms with E-state index in [0.29, 0.717) is 6.42 Å². The van der Waals surface area contributed by atoms with E-state index in [1.807, 2.05) is 13.0 Å². The van der Waals surface area contributed by atoms with Crippen molar-refractivity contribution in [1.29, 1.82) is 0 Å². The molecule has 90 valence electrons. The molecule has 0 saturated heterocycles. The van der Waals surface area contributed by atoms with Crippen molar-refractivity contribution in [2.24, 2.45) is 0 Å². The second-order valence-corrected chi connectivity index (χ2v) is 4.44. The molecule has 0 aromatic carbocycles. The van der Waals surface area contributed by atoms with E-state index in [1.54, 1.807) is 6.20 Å². The maximum atomic E-state index is 9.02. The summed E-state index contributed by atoms with van der Waals surface area (Å²) in [7, 11) is 0. The molecule has 16 heavy (non-hydrogen) atoms. The van der Waals surface area contributed by atoms with Gasteiger partial charge in [0.15, 0.2) is 0 Å². The third kappa shape index (κ3) is 3.10. The second kappa shape index (κ2) is 5.16. The van der Waals surface area contributed by atoms with Gasteiger partial charge in [-0.05, 0) is 32.3 Å². The molecule has 0 aliphatic rings. The molecular weight excluding hydrogens is 202 g/mol. The number of aliphatic hydroxyl groups excluding tert-OH is 1. The minimum Gasteiger partial charge on any atom is -0.398 e. The zero-order chi connectivity index (χ0) is 12.2. The molecule has 0 bridgehead atoms. The third-order valence-electron chi connectivity index (χ3n) is 3.02. The highest BCUT2D eigenvalue weighted by molar-refractivity contribution is 5.54. The quantitative estimate of drug-likeness (QED) is 0.713. The summed E-state index contributed by atoms with van der Waals surface area (Å²) < 4.78 is 0. The standard InChI is InChI=1S/C12H21N3O/c1-4-12(3,5-6-16)15-11-7-10(13)9(2)8-14-11/h7-8,16H,4-6H2,1-3H3,(H3,13,14,15). The zero-order valence-electron chi connectivity index (χ0n) is 10.2. The Morgan fingerprint density at radius 3 is 2.75 bits per heavy atom. The van der Waals surface area contributed by atoms with E-state index in [9.17, 15) is 0 Å². The van der Waals surface area contributed by atoms with Gasteiger partial charge in [-0.2, -0.15) is 0 Å². The number of nitrogen functional groups attached to an aromatic ring is 1. The first-order valence-corrected chi connectivity index (χ1v) is 5.62. The summed E-state index contributed by atoms with van der Waals surface area (Å²) in [5, 5.41) is 12.3. The van der Waals surface area contributed by atoms with Crippen molar-refractivity contribution in [3.05, 3.63) is 17.8 Å². The van der Waals surface area contributed by atoms with Gasteiger partial charge in [0.25, 0.3) is 0 Å². The van der Waals surface area contributed by atoms with Crippen molar-refractivity contribution in [1.82, 2.24) is 4.98 Å². The van der Waals surface area contributed by atoms with Crippen LogP contribution >= 0.6 is 0 Å². The molecule has 0 spiro atoms. The predicted octanol–water partition coefficient (Wildman–Crippen LogP) is 1.94. The Morgan fingerprint density at radius 1 is 1.56 bits per heavy atom. The van der Waals surface area contributed by atoms with Crippen LogP contribution in [-0.2, 0) is 0 Å². The summed E-state index contributed by atoms with van der Waals surface area (Å²) in [5.74, 6) is 0.765. The average Bonchev–Trinajstić information content (AvgIpc) is 2.24. The number of aliphatic hydroxyl groups is 1. The van der Waals surface area contributed by atoms with Crippen LogP contribution in [0.1, 0.15) is 32.3 Å². The fourth-order valence-electron chi connectivity index (χ4n) is 1.49. The Labute approximate surface area is 96.9 Å². The van der Waals surface area contributed by atoms with Crippen LogP contribution in [0, 0.1) is 6.92 Å². The number of anilines is 2. The maximum Gasteiger partial charge on any atom is 0.128 e. The number of nitrogens with two attached hydrogens (primary N) is 1. The van der Waals surface area contributed by atoms with Crippen molar-refractivity contribution < 1.29 is 5.11 Å². The SMILES string of the molecule is CCC(C)(CCO)Nc1cc(N)c(C)cn1. The third-order valence-corrected chi connectivity index (χ3v) is 3.02. The lowest BCUT2D eigenvalue weighted by Gasteiger charge is -2.29. The second-order valence-electron chi connectivity index (χ2n) is 4.44. The fourth-order valence-corrected chi connectivity index (χ4v) is 1.49. The van der Waals surface area contributed by atoms with Gasteiger partial charge < -0.3 is 16.2 Å². The van der Waals surface area contributed by atoms with Crippen LogP contribution < -0.4 is 11.1 Å². The fraction of sp³-hybridized carbons (Fsp3) is 0.583. The summed E-state index contributed by atoms with van der Waals surface area (Å²) in [6, 6.07) is 1.83. The molecule has 1 aromatic heterocycles. The largest absolute Gasteiger partial charge is 0.398 e. The van der Waals surface area contributed by atoms with E-state index in [0.717, 1.165) is 23.5 Å². The molecule has 1 unspecified atom stereocenters. The first kappa shape index (κ1) is 12.8. The molecule has 0 saturated carbocycles. The van der Waals surface area contributed by atoms with E-state index in [-0.39, 0.29) is 12.1 Å². The van der Waals surface area contributed by atoms with E-state index in [2.05, 4.69) is 24.1 Å². The van der Waals surface area contributed by atoms with Gasteiger partial charge in [0.1, 0.15) is 5.82 Å². The van der Waals surface area contributed by atoms with Gasteiger partial charge in [-0.25, -0.2) is 4.98 Å². The molecule has 1 heterocycles. The molecule has 0 aliphatic carbocycles. The summed E-state index contributed by atoms with van der Waals surface area (Å²) >= 11 is 0. The summed E-state index contributed by atoms with van der Waals surface area (Å²) in [5.41, 5.74) is 7.40. The van der Waals surface area contributed by atoms with Crippen molar-refractivity contribution >= 4 is 11.5 Å². The number of aromatic nitrogens is 1. The summed E-state index contributed by atoms with van der Waals surface area (Å²) in [6.45, 7) is 6.25. The molecule has 0 radical (unpaired) electrons. The van der Waals surface area contributed by atoms with Gasteiger partial charge in [0.2, 0.25) is 0 Å². The normalized spacial score (nSPS) is 14.5. The molecule has 0 fully saturated rings. The lowest BCUT2D eigenvalue weighted by atomic mass is 9.95. The highest BCUT2D eigenvalue weighted by Crippen LogP contribution is 2.22. The van der Waals surface area contributed by atoms with Gasteiger partial charge in [0, 0.05) is 30.1 Å². The van der Waals surface area contributed by atoms with Gasteiger partial charge in [-0.15, -0.1) is 0 Å². The van der Waals surface area contributed by atoms with Crippen LogP contribution in [0.25, 0.3) is 0 Å². The Morgan fingerprint density at radius 2 is 2.25 bits per heavy atom. The first-order chi connectivity index (χ1) is 7.50. The number of aryl methyl sites for hydroxylation is 1. The van der Waals surface area contributed by atoms with Crippen LogP contribution in [0.2, 0.25) is 0 Å². The molecule has 0 aliphatic heterocycles. The first-order valence-electron chi connectivity index (χ1n) is 5.62. The molecule has 1 aromatic rings. The summed E-state index contributed by atoms with van der Waals surface area (Å²) in [4.78, 5) is 4.28. The number of pyridine rings is 1. The Balaban J connectivity index is 2.81. The topological polar surface area (TPSA) is 71.2 Å². The van der Waals surface area contributed by atoms with Gasteiger partial charge in [-0.3, -0.25) is 0 Å². The monoisotopic (exact) mass is 223 g/mol. The van der Waals surface area contributed by atoms with Crippen LogP contribution in [0.4, 0.5) is 11.5 Å². The minimum atomic E-state index is -0.135. The number of hydrogen-bond acceptors (Lipinski definition) is 4. The molecular formula is C12H21N3O. The average molecular weight is 223 g/mol. The van der Waals surface area contributed by atoms with Crippen LogP contribution in [0.15, 0.2) is 12.3 Å². The highest BCUT2D eigenvalue weighted by atomic mass is 16.3. The van der Waals surface area contributed by atoms with Crippen LogP contribution in [0.5, 0.6) is 0 Å². The Kier molecular flexibility index (Phi) is 4.12. The van der Waals surface area contributed by atoms with Crippen LogP contribution in [-0.4, -0.2) is 22.2 Å². The van der Waals surface area contributed by atoms with Crippen molar-refractivity contribution in [3.63, 3.8) is 0 Å². The maximum absolute atomic E-state index is 9.02. The van der Waals surface area contributed by atoms with Gasteiger partial charge >= 0.3 is 0 Å². The predicted molar refractivity (Wildman–Crippen MR) is 67.4 cm³/mol. The highest BCUT2D eigenvalue weighted by Gasteiger charge is 2.21. The lowest BCUT2D eigenvalue weighted by Crippen LogP contribution is -2.35. The molecule has 1 atom stereocenters. The van der Waals surface area contributed by atoms with E-state index in [4.69, 9.17) is 10.8 Å². The van der Waals surface area contributed by atoms with Gasteiger partial charge in [-0.1, -0.05) is 6.92 Å². The van der Waals surface area contributed by atoms with Crippen LogP contribution in [0.3, 0.4) is 0 Å². The summed E-state index contributed by atoms with van der Waals surface area (Å²) in [6.07, 6.45) is 3.37. The number of rotatable bonds is 5. The van der Waals surface area contributed by atoms with Crippen molar-refractivity contribution in [2.75, 3.05) is 17.7 Å². The Hall–Kier alpha value is -1.29. The molecule has 1 rings (SSSR count).